The van der Waals surface area contributed by atoms with Crippen LogP contribution in [0.15, 0.2) is 0 Å². The van der Waals surface area contributed by atoms with Gasteiger partial charge in [0.2, 0.25) is 0 Å². The average molecular weight is 146 g/mol. The zero-order chi connectivity index (χ0) is 0. The third kappa shape index (κ3) is 11.8. The summed E-state index contributed by atoms with van der Waals surface area (Å²) in [6.45, 7) is 0. The summed E-state index contributed by atoms with van der Waals surface area (Å²) in [6.07, 6.45) is 0. The molecule has 30 valence electrons. The van der Waals surface area contributed by atoms with Crippen molar-refractivity contribution in [1.82, 2.24) is 0 Å². The predicted molar refractivity (Wildman–Crippen MR) is 9.37 cm³/mol. The molecule has 0 aliphatic heterocycles. The molecule has 0 fully saturated rings. The maximum atomic E-state index is 0. The fourth-order valence-electron chi connectivity index (χ4n) is 0. The van der Waals surface area contributed by atoms with E-state index in [1.807, 2.05) is 0 Å². The van der Waals surface area contributed by atoms with Crippen molar-refractivity contribution < 1.29 is 38.7 Å². The minimum absolute atomic E-state index is 0. The molecule has 0 aromatic carbocycles. The van der Waals surface area contributed by atoms with Gasteiger partial charge in [-0.2, -0.15) is 0 Å². The fraction of sp³-hybridized carbons (Fsp3) is 0. The fourth-order valence-corrected chi connectivity index (χ4v) is 0. The second-order valence-electron chi connectivity index (χ2n) is 0. The summed E-state index contributed by atoms with van der Waals surface area (Å²) in [5.41, 5.74) is 0. The Labute approximate surface area is 47.5 Å². The first-order valence-electron chi connectivity index (χ1n) is 0. The van der Waals surface area contributed by atoms with Gasteiger partial charge in [-0.05, 0) is 0 Å². The van der Waals surface area contributed by atoms with E-state index in [1.165, 1.54) is 0 Å². The van der Waals surface area contributed by atoms with Gasteiger partial charge >= 0.3 is 0 Å². The maximum Gasteiger partial charge on any atom is 0 e. The van der Waals surface area contributed by atoms with Crippen molar-refractivity contribution in [2.24, 2.45) is 0 Å². The molecule has 0 aliphatic carbocycles. The Morgan fingerprint density at radius 2 is 1.00 bits per heavy atom. The van der Waals surface area contributed by atoms with Crippen molar-refractivity contribution in [3.8, 4) is 0 Å². The SMILES string of the molecule is O.[B].[Co].[Ni]. The van der Waals surface area contributed by atoms with Crippen LogP contribution in [0.3, 0.4) is 0 Å². The number of rotatable bonds is 0. The molecule has 4 radical (unpaired) electrons. The van der Waals surface area contributed by atoms with Gasteiger partial charge in [-0.3, -0.25) is 0 Å². The van der Waals surface area contributed by atoms with E-state index in [0.717, 1.165) is 0 Å². The molecule has 0 saturated heterocycles. The Kier molecular flexibility index (Phi) is 679. The van der Waals surface area contributed by atoms with Crippen LogP contribution in [0, 0.1) is 0 Å². The van der Waals surface area contributed by atoms with Crippen LogP contribution < -0.4 is 0 Å². The summed E-state index contributed by atoms with van der Waals surface area (Å²) >= 11 is 0. The standard InChI is InChI=1S/B.Co.Ni.H2O/h;;;1H2. The van der Waals surface area contributed by atoms with Crippen LogP contribution in [0.4, 0.5) is 0 Å². The van der Waals surface area contributed by atoms with Gasteiger partial charge < -0.3 is 5.48 Å². The van der Waals surface area contributed by atoms with Gasteiger partial charge in [0.05, 0.1) is 0 Å². The van der Waals surface area contributed by atoms with Gasteiger partial charge in [0.15, 0.2) is 0 Å². The van der Waals surface area contributed by atoms with Crippen LogP contribution in [0.1, 0.15) is 0 Å². The van der Waals surface area contributed by atoms with Gasteiger partial charge in [-0.1, -0.05) is 0 Å². The molecule has 0 aromatic heterocycles. The first kappa shape index (κ1) is 77.5. The van der Waals surface area contributed by atoms with Crippen molar-refractivity contribution in [3.05, 3.63) is 0 Å². The summed E-state index contributed by atoms with van der Waals surface area (Å²) in [4.78, 5) is 0. The molecular weight excluding hydrogens is 144 g/mol. The zero-order valence-corrected chi connectivity index (χ0v) is 3.76. The molecule has 0 heterocycles. The van der Waals surface area contributed by atoms with Crippen LogP contribution in [0.2, 0.25) is 0 Å². The zero-order valence-electron chi connectivity index (χ0n) is 1.73. The molecule has 0 bridgehead atoms. The van der Waals surface area contributed by atoms with E-state index < -0.39 is 0 Å². The van der Waals surface area contributed by atoms with Crippen molar-refractivity contribution in [2.45, 2.75) is 0 Å². The molecule has 0 amide bonds. The average Bonchev–Trinajstić information content (AvgIpc) is 0. The van der Waals surface area contributed by atoms with Crippen molar-refractivity contribution in [1.29, 1.82) is 0 Å². The number of hydrogen-bond donors (Lipinski definition) is 0. The largest absolute Gasteiger partial charge is 0.412 e. The van der Waals surface area contributed by atoms with Crippen LogP contribution >= 0.6 is 0 Å². The van der Waals surface area contributed by atoms with E-state index in [2.05, 4.69) is 0 Å². The monoisotopic (exact) mass is 146 g/mol. The molecule has 0 atom stereocenters. The Morgan fingerprint density at radius 3 is 1.00 bits per heavy atom. The third-order valence-corrected chi connectivity index (χ3v) is 0. The minimum Gasteiger partial charge on any atom is -0.412 e. The summed E-state index contributed by atoms with van der Waals surface area (Å²) in [7, 11) is 0. The summed E-state index contributed by atoms with van der Waals surface area (Å²) in [5.74, 6) is 0. The molecule has 0 unspecified atom stereocenters. The molecule has 0 saturated carbocycles. The molecule has 1 nitrogen and oxygen atoms in total. The molecule has 0 spiro atoms. The van der Waals surface area contributed by atoms with Crippen molar-refractivity contribution in [3.63, 3.8) is 0 Å². The van der Waals surface area contributed by atoms with E-state index in [-0.39, 0.29) is 47.2 Å². The van der Waals surface area contributed by atoms with E-state index in [9.17, 15) is 0 Å². The molecule has 0 aliphatic rings. The van der Waals surface area contributed by atoms with E-state index in [4.69, 9.17) is 0 Å². The molecular formula is H2BCoNiO. The van der Waals surface area contributed by atoms with Gasteiger partial charge in [0.1, 0.15) is 0 Å². The second kappa shape index (κ2) is 35.1. The summed E-state index contributed by atoms with van der Waals surface area (Å²) in [5, 5.41) is 0. The smallest absolute Gasteiger partial charge is 0 e. The van der Waals surface area contributed by atoms with Gasteiger partial charge in [0, 0.05) is 41.7 Å². The Balaban J connectivity index is 0. The molecule has 0 aromatic rings. The quantitative estimate of drug-likeness (QED) is 0.384. The molecule has 0 rings (SSSR count). The summed E-state index contributed by atoms with van der Waals surface area (Å²) < 4.78 is 0. The van der Waals surface area contributed by atoms with Crippen LogP contribution in [0.5, 0.6) is 0 Å². The Bertz CT molecular complexity index is 8.00. The minimum atomic E-state index is 0. The second-order valence-corrected chi connectivity index (χ2v) is 0. The topological polar surface area (TPSA) is 31.5 Å². The van der Waals surface area contributed by atoms with Crippen molar-refractivity contribution in [2.75, 3.05) is 0 Å². The maximum absolute atomic E-state index is 0. The van der Waals surface area contributed by atoms with Crippen LogP contribution in [0.25, 0.3) is 0 Å². The predicted octanol–water partition coefficient (Wildman–Crippen LogP) is -1.21. The molecule has 2 N–H and O–H groups in total. The van der Waals surface area contributed by atoms with Gasteiger partial charge in [-0.25, -0.2) is 0 Å². The first-order chi connectivity index (χ1) is 0. The number of hydrogen-bond acceptors (Lipinski definition) is 0. The molecule has 4 heavy (non-hydrogen) atoms. The normalized spacial score (nSPS) is 0. The van der Waals surface area contributed by atoms with Gasteiger partial charge in [-0.15, -0.1) is 0 Å². The van der Waals surface area contributed by atoms with Crippen LogP contribution in [-0.2, 0) is 33.3 Å². The Morgan fingerprint density at radius 1 is 1.00 bits per heavy atom. The summed E-state index contributed by atoms with van der Waals surface area (Å²) in [6, 6.07) is 0. The van der Waals surface area contributed by atoms with Crippen LogP contribution in [-0.4, -0.2) is 13.9 Å². The van der Waals surface area contributed by atoms with E-state index >= 15 is 0 Å². The van der Waals surface area contributed by atoms with E-state index in [1.54, 1.807) is 0 Å². The Hall–Kier alpha value is 1.02. The van der Waals surface area contributed by atoms with E-state index in [0.29, 0.717) is 0 Å². The third-order valence-electron chi connectivity index (χ3n) is 0. The first-order valence-corrected chi connectivity index (χ1v) is 0. The van der Waals surface area contributed by atoms with Crippen molar-refractivity contribution >= 4 is 8.41 Å². The van der Waals surface area contributed by atoms with Gasteiger partial charge in [0.25, 0.3) is 0 Å². The molecule has 4 heteroatoms.